The lowest BCUT2D eigenvalue weighted by Gasteiger charge is -2.49. The minimum atomic E-state index is 0.0404. The largest absolute Gasteiger partial charge is 0.436 e. The molecule has 0 bridgehead atoms. The Hall–Kier alpha value is -3.25. The monoisotopic (exact) mass is 539 g/mol. The lowest BCUT2D eigenvalue weighted by Crippen LogP contribution is -2.66. The number of quaternary nitrogens is 1. The summed E-state index contributed by atoms with van der Waals surface area (Å²) in [6, 6.07) is 15.7. The van der Waals surface area contributed by atoms with E-state index in [1.807, 2.05) is 19.2 Å². The maximum atomic E-state index is 13.7. The average molecular weight is 540 g/mol. The van der Waals surface area contributed by atoms with Crippen LogP contribution in [0.4, 0.5) is 5.69 Å². The van der Waals surface area contributed by atoms with Gasteiger partial charge in [-0.2, -0.15) is 5.10 Å². The zero-order valence-corrected chi connectivity index (χ0v) is 24.5. The summed E-state index contributed by atoms with van der Waals surface area (Å²) < 4.78 is 6.71. The van der Waals surface area contributed by atoms with Crippen LogP contribution in [0.2, 0.25) is 0 Å². The molecule has 2 heterocycles. The summed E-state index contributed by atoms with van der Waals surface area (Å²) in [5, 5.41) is 7.63. The Morgan fingerprint density at radius 3 is 2.10 bits per heavy atom. The molecule has 0 unspecified atom stereocenters. The predicted octanol–water partition coefficient (Wildman–Crippen LogP) is 8.70. The van der Waals surface area contributed by atoms with Crippen LogP contribution in [0, 0.1) is 0 Å². The number of rotatable bonds is 5. The van der Waals surface area contributed by atoms with E-state index in [4.69, 9.17) is 9.40 Å². The van der Waals surface area contributed by atoms with Crippen LogP contribution in [0.1, 0.15) is 97.5 Å². The molecule has 0 aliphatic heterocycles. The molecule has 2 aromatic heterocycles. The Bertz CT molecular complexity index is 1460. The van der Waals surface area contributed by atoms with Gasteiger partial charge in [0.2, 0.25) is 5.89 Å². The van der Waals surface area contributed by atoms with Crippen LogP contribution in [0.3, 0.4) is 0 Å². The molecule has 2 fully saturated rings. The van der Waals surface area contributed by atoms with Crippen molar-refractivity contribution in [1.82, 2.24) is 19.7 Å². The molecular weight excluding hydrogens is 496 g/mol. The number of hydrogen-bond acceptors (Lipinski definition) is 4. The Balaban J connectivity index is 1.37. The molecule has 0 atom stereocenters. The number of hydrogen-bond donors (Lipinski definition) is 1. The summed E-state index contributed by atoms with van der Waals surface area (Å²) in [6.45, 7) is 8.44. The second kappa shape index (κ2) is 10.6. The number of amides is 1. The van der Waals surface area contributed by atoms with Crippen LogP contribution >= 0.6 is 0 Å². The first-order valence-corrected chi connectivity index (χ1v) is 15.2. The second-order valence-corrected chi connectivity index (χ2v) is 13.0. The molecule has 4 aromatic rings. The lowest BCUT2D eigenvalue weighted by atomic mass is 9.84. The molecule has 2 aromatic carbocycles. The van der Waals surface area contributed by atoms with Crippen LogP contribution in [0.15, 0.2) is 53.1 Å². The van der Waals surface area contributed by atoms with Gasteiger partial charge in [0, 0.05) is 49.6 Å². The van der Waals surface area contributed by atoms with Gasteiger partial charge in [-0.3, -0.25) is 5.10 Å². The molecule has 1 amide bonds. The molecule has 210 valence electrons. The number of carbonyl (C=O) groups is 1. The fourth-order valence-corrected chi connectivity index (χ4v) is 7.44. The van der Waals surface area contributed by atoms with E-state index < -0.39 is 0 Å². The van der Waals surface area contributed by atoms with Crippen molar-refractivity contribution in [3.63, 3.8) is 0 Å². The zero-order valence-electron chi connectivity index (χ0n) is 24.5. The first-order valence-electron chi connectivity index (χ1n) is 15.2. The molecule has 40 heavy (non-hydrogen) atoms. The maximum Gasteiger partial charge on any atom is 0.316 e. The number of nitrogens with zero attached hydrogens (tertiary/aromatic N) is 3. The van der Waals surface area contributed by atoms with Crippen molar-refractivity contribution in [1.29, 1.82) is 0 Å². The Labute approximate surface area is 237 Å². The fraction of sp³-hybridized carbons (Fsp3) is 0.500. The highest BCUT2D eigenvalue weighted by molar-refractivity contribution is 5.89. The Morgan fingerprint density at radius 1 is 0.900 bits per heavy atom. The summed E-state index contributed by atoms with van der Waals surface area (Å²) in [5.74, 6) is 0.861. The van der Waals surface area contributed by atoms with Gasteiger partial charge in [0.05, 0.1) is 12.5 Å². The summed E-state index contributed by atoms with van der Waals surface area (Å²) in [7, 11) is 0. The normalized spacial score (nSPS) is 17.9. The van der Waals surface area contributed by atoms with Gasteiger partial charge in [0.15, 0.2) is 5.58 Å². The number of fused-ring (bicyclic) bond motifs is 1. The van der Waals surface area contributed by atoms with Gasteiger partial charge in [0.25, 0.3) is 0 Å². The molecule has 1 N–H and O–H groups in total. The first kappa shape index (κ1) is 26.9. The van der Waals surface area contributed by atoms with Crippen molar-refractivity contribution in [3.05, 3.63) is 54.2 Å². The summed E-state index contributed by atoms with van der Waals surface area (Å²) >= 11 is 0. The zero-order chi connectivity index (χ0) is 27.9. The standard InChI is InChI=1S/C34H43N4O2/c1-23(39)38(26-11-7-5-8-12-26,27-13-9-6-10-14-27)28-18-15-24(16-19-28)32-29(22-35-37-32)33-36-30-21-25(34(2,3)4)17-20-31(30)40-33/h15-22,26-27H,5-14H2,1-4H3,(H,35,37)/q+1. The van der Waals surface area contributed by atoms with Crippen LogP contribution in [0.5, 0.6) is 0 Å². The topological polar surface area (TPSA) is 71.8 Å². The summed E-state index contributed by atoms with van der Waals surface area (Å²) in [4.78, 5) is 18.6. The third-order valence-corrected chi connectivity index (χ3v) is 9.51. The third kappa shape index (κ3) is 4.70. The van der Waals surface area contributed by atoms with Gasteiger partial charge < -0.3 is 4.42 Å². The molecule has 2 aliphatic carbocycles. The highest BCUT2D eigenvalue weighted by atomic mass is 16.3. The van der Waals surface area contributed by atoms with Crippen LogP contribution in [0.25, 0.3) is 33.8 Å². The number of benzene rings is 2. The number of aromatic amines is 1. The Kier molecular flexibility index (Phi) is 7.16. The minimum Gasteiger partial charge on any atom is -0.436 e. The molecule has 2 aliphatic rings. The Morgan fingerprint density at radius 2 is 1.52 bits per heavy atom. The van der Waals surface area contributed by atoms with Crippen LogP contribution < -0.4 is 4.48 Å². The van der Waals surface area contributed by atoms with Gasteiger partial charge in [-0.05, 0) is 60.9 Å². The molecule has 6 nitrogen and oxygen atoms in total. The molecule has 2 saturated carbocycles. The molecular formula is C34H43N4O2+. The van der Waals surface area contributed by atoms with Gasteiger partial charge in [0.1, 0.15) is 29.0 Å². The number of carbonyl (C=O) groups excluding carboxylic acids is 1. The highest BCUT2D eigenvalue weighted by Gasteiger charge is 2.50. The summed E-state index contributed by atoms with van der Waals surface area (Å²) in [5.41, 5.74) is 6.68. The lowest BCUT2D eigenvalue weighted by molar-refractivity contribution is -0.134. The third-order valence-electron chi connectivity index (χ3n) is 9.51. The van der Waals surface area contributed by atoms with Crippen molar-refractivity contribution in [2.45, 2.75) is 109 Å². The van der Waals surface area contributed by atoms with E-state index in [0.717, 1.165) is 59.3 Å². The van der Waals surface area contributed by atoms with Gasteiger partial charge >= 0.3 is 5.91 Å². The second-order valence-electron chi connectivity index (χ2n) is 13.0. The van der Waals surface area contributed by atoms with Crippen molar-refractivity contribution in [2.75, 3.05) is 0 Å². The number of oxazole rings is 1. The van der Waals surface area contributed by atoms with Crippen molar-refractivity contribution >= 4 is 22.7 Å². The van der Waals surface area contributed by atoms with Gasteiger partial charge in [-0.1, -0.05) is 39.7 Å². The first-order chi connectivity index (χ1) is 19.3. The SMILES string of the molecule is CC(=O)[N+](c1ccc(-c2n[nH]cc2-c2nc3cc(C(C)(C)C)ccc3o2)cc1)(C1CCCCC1)C1CCCCC1. The highest BCUT2D eigenvalue weighted by Crippen LogP contribution is 2.43. The van der Waals surface area contributed by atoms with Crippen LogP contribution in [-0.2, 0) is 10.2 Å². The smallest absolute Gasteiger partial charge is 0.316 e. The van der Waals surface area contributed by atoms with Crippen molar-refractivity contribution < 1.29 is 9.21 Å². The maximum absolute atomic E-state index is 13.7. The number of aromatic nitrogens is 3. The van der Waals surface area contributed by atoms with E-state index >= 15 is 0 Å². The molecule has 0 spiro atoms. The molecule has 6 heteroatoms. The fourth-order valence-electron chi connectivity index (χ4n) is 7.44. The van der Waals surface area contributed by atoms with E-state index in [2.05, 4.69) is 67.4 Å². The van der Waals surface area contributed by atoms with E-state index in [1.165, 1.54) is 44.1 Å². The van der Waals surface area contributed by atoms with E-state index in [1.54, 1.807) is 0 Å². The average Bonchev–Trinajstić information content (AvgIpc) is 3.61. The van der Waals surface area contributed by atoms with Crippen LogP contribution in [-0.4, -0.2) is 33.2 Å². The number of H-pyrrole nitrogens is 1. The van der Waals surface area contributed by atoms with Crippen molar-refractivity contribution in [2.24, 2.45) is 0 Å². The van der Waals surface area contributed by atoms with Crippen molar-refractivity contribution in [3.8, 4) is 22.7 Å². The van der Waals surface area contributed by atoms with Gasteiger partial charge in [-0.15, -0.1) is 0 Å². The van der Waals surface area contributed by atoms with E-state index in [0.29, 0.717) is 28.4 Å². The quantitative estimate of drug-likeness (QED) is 0.257. The van der Waals surface area contributed by atoms with Gasteiger partial charge in [-0.25, -0.2) is 14.3 Å². The van der Waals surface area contributed by atoms with E-state index in [-0.39, 0.29) is 5.41 Å². The van der Waals surface area contributed by atoms with E-state index in [9.17, 15) is 4.79 Å². The minimum absolute atomic E-state index is 0.0404. The summed E-state index contributed by atoms with van der Waals surface area (Å²) in [6.07, 6.45) is 13.9. The predicted molar refractivity (Wildman–Crippen MR) is 162 cm³/mol. The number of nitrogens with one attached hydrogen (secondary N) is 1. The molecule has 6 rings (SSSR count). The molecule has 0 radical (unpaired) electrons. The molecule has 0 saturated heterocycles.